The fraction of sp³-hybridized carbons (Fsp3) is 0.455. The largest absolute Gasteiger partial charge is 0.477 e. The van der Waals surface area contributed by atoms with Crippen LogP contribution in [0.2, 0.25) is 0 Å². The van der Waals surface area contributed by atoms with Crippen LogP contribution in [0, 0.1) is 6.92 Å². The SMILES string of the molecule is CCN(CC(=O)NC)S(=O)(=O)c1c(C)csc1C(=O)O. The highest BCUT2D eigenvalue weighted by atomic mass is 32.2. The van der Waals surface area contributed by atoms with Crippen LogP contribution in [0.4, 0.5) is 0 Å². The third-order valence-electron chi connectivity index (χ3n) is 2.66. The number of aryl methyl sites for hydroxylation is 1. The quantitative estimate of drug-likeness (QED) is 0.795. The maximum Gasteiger partial charge on any atom is 0.347 e. The predicted octanol–water partition coefficient (Wildman–Crippen LogP) is 0.511. The van der Waals surface area contributed by atoms with Gasteiger partial charge in [0.15, 0.2) is 0 Å². The summed E-state index contributed by atoms with van der Waals surface area (Å²) in [6, 6.07) is 0. The number of thiophene rings is 1. The van der Waals surface area contributed by atoms with Gasteiger partial charge in [-0.15, -0.1) is 11.3 Å². The zero-order valence-corrected chi connectivity index (χ0v) is 13.0. The van der Waals surface area contributed by atoms with E-state index in [9.17, 15) is 18.0 Å². The third-order valence-corrected chi connectivity index (χ3v) is 5.99. The zero-order valence-electron chi connectivity index (χ0n) is 11.3. The molecule has 1 amide bonds. The summed E-state index contributed by atoms with van der Waals surface area (Å²) >= 11 is 0.858. The molecule has 0 fully saturated rings. The number of nitrogens with zero attached hydrogens (tertiary/aromatic N) is 1. The van der Waals surface area contributed by atoms with E-state index in [2.05, 4.69) is 5.32 Å². The van der Waals surface area contributed by atoms with Gasteiger partial charge in [-0.25, -0.2) is 13.2 Å². The van der Waals surface area contributed by atoms with Gasteiger partial charge in [-0.2, -0.15) is 4.31 Å². The van der Waals surface area contributed by atoms with Crippen molar-refractivity contribution in [2.24, 2.45) is 0 Å². The highest BCUT2D eigenvalue weighted by Crippen LogP contribution is 2.29. The number of hydrogen-bond donors (Lipinski definition) is 2. The number of likely N-dealkylation sites (N-methyl/N-ethyl adjacent to an activating group) is 2. The lowest BCUT2D eigenvalue weighted by atomic mass is 10.3. The van der Waals surface area contributed by atoms with Gasteiger partial charge in [0, 0.05) is 13.6 Å². The standard InChI is InChI=1S/C11H16N2O5S2/c1-4-13(5-8(14)12-3)20(17,18)10-7(2)6-19-9(10)11(15)16/h6H,4-5H2,1-3H3,(H,12,14)(H,15,16). The number of sulfonamides is 1. The zero-order chi connectivity index (χ0) is 15.5. The van der Waals surface area contributed by atoms with Crippen molar-refractivity contribution in [1.82, 2.24) is 9.62 Å². The molecular weight excluding hydrogens is 304 g/mol. The summed E-state index contributed by atoms with van der Waals surface area (Å²) in [5.41, 5.74) is 0.364. The Kier molecular flexibility index (Phi) is 5.26. The lowest BCUT2D eigenvalue weighted by Crippen LogP contribution is -2.39. The molecule has 0 atom stereocenters. The van der Waals surface area contributed by atoms with Crippen LogP contribution in [0.1, 0.15) is 22.2 Å². The summed E-state index contributed by atoms with van der Waals surface area (Å²) < 4.78 is 26.0. The molecule has 1 aromatic heterocycles. The first-order valence-electron chi connectivity index (χ1n) is 5.77. The number of hydrogen-bond acceptors (Lipinski definition) is 5. The molecular formula is C11H16N2O5S2. The van der Waals surface area contributed by atoms with Crippen LogP contribution in [0.3, 0.4) is 0 Å². The van der Waals surface area contributed by atoms with Crippen molar-refractivity contribution in [3.63, 3.8) is 0 Å². The monoisotopic (exact) mass is 320 g/mol. The number of carbonyl (C=O) groups is 2. The summed E-state index contributed by atoms with van der Waals surface area (Å²) in [6.07, 6.45) is 0. The molecule has 112 valence electrons. The van der Waals surface area contributed by atoms with Gasteiger partial charge in [-0.3, -0.25) is 4.79 Å². The van der Waals surface area contributed by atoms with E-state index in [4.69, 9.17) is 5.11 Å². The van der Waals surface area contributed by atoms with Crippen LogP contribution in [-0.4, -0.2) is 49.8 Å². The molecule has 0 bridgehead atoms. The Bertz CT molecular complexity index is 621. The highest BCUT2D eigenvalue weighted by molar-refractivity contribution is 7.89. The Balaban J connectivity index is 3.31. The summed E-state index contributed by atoms with van der Waals surface area (Å²) in [4.78, 5) is 22.0. The van der Waals surface area contributed by atoms with E-state index in [0.29, 0.717) is 5.56 Å². The molecule has 1 rings (SSSR count). The maximum absolute atomic E-state index is 12.5. The lowest BCUT2D eigenvalue weighted by Gasteiger charge is -2.20. The normalized spacial score (nSPS) is 11.6. The number of amides is 1. The number of carboxylic acid groups (broad SMARTS) is 1. The van der Waals surface area contributed by atoms with Crippen molar-refractivity contribution < 1.29 is 23.1 Å². The van der Waals surface area contributed by atoms with Gasteiger partial charge in [0.1, 0.15) is 9.77 Å². The summed E-state index contributed by atoms with van der Waals surface area (Å²) in [5.74, 6) is -1.75. The van der Waals surface area contributed by atoms with E-state index in [-0.39, 0.29) is 22.9 Å². The second kappa shape index (κ2) is 6.33. The van der Waals surface area contributed by atoms with Crippen LogP contribution in [-0.2, 0) is 14.8 Å². The summed E-state index contributed by atoms with van der Waals surface area (Å²) in [7, 11) is -2.61. The van der Waals surface area contributed by atoms with Gasteiger partial charge in [0.2, 0.25) is 15.9 Å². The van der Waals surface area contributed by atoms with Crippen molar-refractivity contribution in [2.45, 2.75) is 18.7 Å². The fourth-order valence-corrected chi connectivity index (χ4v) is 4.63. The van der Waals surface area contributed by atoms with Gasteiger partial charge in [-0.05, 0) is 17.9 Å². The van der Waals surface area contributed by atoms with Gasteiger partial charge < -0.3 is 10.4 Å². The lowest BCUT2D eigenvalue weighted by molar-refractivity contribution is -0.120. The Labute approximate surface area is 121 Å². The second-order valence-corrected chi connectivity index (χ2v) is 6.74. The number of nitrogens with one attached hydrogen (secondary N) is 1. The molecule has 7 nitrogen and oxygen atoms in total. The first kappa shape index (κ1) is 16.6. The Hall–Kier alpha value is -1.45. The van der Waals surface area contributed by atoms with Gasteiger partial charge in [-0.1, -0.05) is 6.92 Å². The van der Waals surface area contributed by atoms with Gasteiger partial charge >= 0.3 is 5.97 Å². The summed E-state index contributed by atoms with van der Waals surface area (Å²) in [6.45, 7) is 2.85. The number of carbonyl (C=O) groups excluding carboxylic acids is 1. The molecule has 1 aromatic rings. The average Bonchev–Trinajstić information content (AvgIpc) is 2.78. The minimum Gasteiger partial charge on any atom is -0.477 e. The van der Waals surface area contributed by atoms with Gasteiger partial charge in [0.25, 0.3) is 0 Å². The van der Waals surface area contributed by atoms with Crippen molar-refractivity contribution in [2.75, 3.05) is 20.1 Å². The van der Waals surface area contributed by atoms with Gasteiger partial charge in [0.05, 0.1) is 6.54 Å². The topological polar surface area (TPSA) is 104 Å². The highest BCUT2D eigenvalue weighted by Gasteiger charge is 2.32. The van der Waals surface area contributed by atoms with E-state index in [1.54, 1.807) is 6.92 Å². The smallest absolute Gasteiger partial charge is 0.347 e. The van der Waals surface area contributed by atoms with E-state index < -0.39 is 21.9 Å². The minimum atomic E-state index is -4.02. The molecule has 0 radical (unpaired) electrons. The third kappa shape index (κ3) is 3.17. The number of aromatic carboxylic acids is 1. The molecule has 0 unspecified atom stereocenters. The van der Waals surface area contributed by atoms with Crippen molar-refractivity contribution in [3.8, 4) is 0 Å². The predicted molar refractivity (Wildman–Crippen MR) is 74.5 cm³/mol. The van der Waals surface area contributed by atoms with Crippen LogP contribution in [0.25, 0.3) is 0 Å². The molecule has 0 aliphatic carbocycles. The van der Waals surface area contributed by atoms with Crippen molar-refractivity contribution in [1.29, 1.82) is 0 Å². The molecule has 0 aliphatic rings. The van der Waals surface area contributed by atoms with E-state index in [0.717, 1.165) is 15.6 Å². The number of rotatable bonds is 6. The molecule has 0 spiro atoms. The Morgan fingerprint density at radius 1 is 1.45 bits per heavy atom. The van der Waals surface area contributed by atoms with Crippen LogP contribution < -0.4 is 5.32 Å². The van der Waals surface area contributed by atoms with Crippen molar-refractivity contribution >= 4 is 33.2 Å². The van der Waals surface area contributed by atoms with E-state index >= 15 is 0 Å². The molecule has 0 saturated heterocycles. The molecule has 0 aromatic carbocycles. The number of carboxylic acids is 1. The molecule has 0 saturated carbocycles. The molecule has 1 heterocycles. The average molecular weight is 320 g/mol. The van der Waals surface area contributed by atoms with E-state index in [1.165, 1.54) is 19.4 Å². The summed E-state index contributed by atoms with van der Waals surface area (Å²) in [5, 5.41) is 12.9. The van der Waals surface area contributed by atoms with Crippen molar-refractivity contribution in [3.05, 3.63) is 15.8 Å². The van der Waals surface area contributed by atoms with Crippen LogP contribution in [0.5, 0.6) is 0 Å². The first-order chi connectivity index (χ1) is 9.25. The van der Waals surface area contributed by atoms with Crippen LogP contribution in [0.15, 0.2) is 10.3 Å². The first-order valence-corrected chi connectivity index (χ1v) is 8.09. The van der Waals surface area contributed by atoms with E-state index in [1.807, 2.05) is 0 Å². The molecule has 20 heavy (non-hydrogen) atoms. The Morgan fingerprint density at radius 2 is 2.05 bits per heavy atom. The van der Waals surface area contributed by atoms with Crippen LogP contribution >= 0.6 is 11.3 Å². The second-order valence-electron chi connectivity index (χ2n) is 3.99. The molecule has 9 heteroatoms. The maximum atomic E-state index is 12.5. The Morgan fingerprint density at radius 3 is 2.50 bits per heavy atom. The fourth-order valence-electron chi connectivity index (χ4n) is 1.64. The minimum absolute atomic E-state index is 0.0735. The molecule has 2 N–H and O–H groups in total. The molecule has 0 aliphatic heterocycles.